The number of hydrogen-bond acceptors (Lipinski definition) is 4. The number of thioether (sulfide) groups is 1. The fourth-order valence-corrected chi connectivity index (χ4v) is 6.71. The van der Waals surface area contributed by atoms with Crippen molar-refractivity contribution in [2.24, 2.45) is 4.99 Å². The van der Waals surface area contributed by atoms with Crippen molar-refractivity contribution in [2.75, 3.05) is 16.4 Å². The molecule has 0 aliphatic carbocycles. The lowest BCUT2D eigenvalue weighted by Gasteiger charge is -2.24. The van der Waals surface area contributed by atoms with Crippen molar-refractivity contribution >= 4 is 50.0 Å². The van der Waals surface area contributed by atoms with Crippen LogP contribution in [0.15, 0.2) is 23.2 Å². The number of rotatable bonds is 1. The molecule has 3 rings (SSSR count). The van der Waals surface area contributed by atoms with E-state index in [1.165, 1.54) is 30.8 Å². The third-order valence-electron chi connectivity index (χ3n) is 3.50. The summed E-state index contributed by atoms with van der Waals surface area (Å²) in [5.41, 5.74) is 0.444. The largest absolute Gasteiger partial charge is 0.315 e. The molecule has 22 heavy (non-hydrogen) atoms. The van der Waals surface area contributed by atoms with E-state index in [1.807, 2.05) is 0 Å². The summed E-state index contributed by atoms with van der Waals surface area (Å²) >= 11 is 6.93. The van der Waals surface area contributed by atoms with Gasteiger partial charge in [0.15, 0.2) is 15.0 Å². The van der Waals surface area contributed by atoms with Gasteiger partial charge in [-0.1, -0.05) is 23.4 Å². The van der Waals surface area contributed by atoms with Gasteiger partial charge in [-0.25, -0.2) is 12.8 Å². The topological polar surface area (TPSA) is 66.8 Å². The molecule has 0 radical (unpaired) electrons. The SMILES string of the molecule is CC(=O)N=C1S[C@H]2CS(=O)(=O)C[C@H]2N1c1ccc(Cl)c(F)c1. The molecular weight excluding hydrogens is 351 g/mol. The summed E-state index contributed by atoms with van der Waals surface area (Å²) in [6.45, 7) is 1.32. The molecule has 0 saturated carbocycles. The molecule has 2 fully saturated rings. The van der Waals surface area contributed by atoms with E-state index in [0.717, 1.165) is 0 Å². The molecule has 0 aromatic heterocycles. The van der Waals surface area contributed by atoms with E-state index >= 15 is 0 Å². The second-order valence-corrected chi connectivity index (χ2v) is 8.95. The van der Waals surface area contributed by atoms with Gasteiger partial charge in [0.05, 0.1) is 22.6 Å². The summed E-state index contributed by atoms with van der Waals surface area (Å²) in [5.74, 6) is -0.988. The van der Waals surface area contributed by atoms with Gasteiger partial charge < -0.3 is 4.90 Å². The number of carbonyl (C=O) groups is 1. The van der Waals surface area contributed by atoms with Crippen molar-refractivity contribution in [1.82, 2.24) is 0 Å². The summed E-state index contributed by atoms with van der Waals surface area (Å²) in [6.07, 6.45) is 0. The molecule has 2 atom stereocenters. The first kappa shape index (κ1) is 15.8. The zero-order chi connectivity index (χ0) is 16.1. The van der Waals surface area contributed by atoms with Crippen LogP contribution in [0, 0.1) is 5.82 Å². The van der Waals surface area contributed by atoms with Crippen LogP contribution in [0.25, 0.3) is 0 Å². The predicted molar refractivity (Wildman–Crippen MR) is 85.8 cm³/mol. The number of aliphatic imine (C=N–C) groups is 1. The van der Waals surface area contributed by atoms with Crippen LogP contribution in [-0.2, 0) is 14.6 Å². The summed E-state index contributed by atoms with van der Waals surface area (Å²) < 4.78 is 37.4. The Morgan fingerprint density at radius 2 is 2.18 bits per heavy atom. The van der Waals surface area contributed by atoms with Crippen molar-refractivity contribution in [2.45, 2.75) is 18.2 Å². The van der Waals surface area contributed by atoms with Gasteiger partial charge in [-0.15, -0.1) is 0 Å². The maximum Gasteiger partial charge on any atom is 0.244 e. The molecule has 5 nitrogen and oxygen atoms in total. The number of carbonyl (C=O) groups excluding carboxylic acids is 1. The Morgan fingerprint density at radius 3 is 2.82 bits per heavy atom. The zero-order valence-electron chi connectivity index (χ0n) is 11.5. The van der Waals surface area contributed by atoms with Crippen molar-refractivity contribution in [1.29, 1.82) is 0 Å². The van der Waals surface area contributed by atoms with Crippen LogP contribution >= 0.6 is 23.4 Å². The predicted octanol–water partition coefficient (Wildman–Crippen LogP) is 2.10. The van der Waals surface area contributed by atoms with Gasteiger partial charge >= 0.3 is 0 Å². The summed E-state index contributed by atoms with van der Waals surface area (Å²) in [5, 5.41) is 0.178. The highest BCUT2D eigenvalue weighted by atomic mass is 35.5. The average molecular weight is 363 g/mol. The highest BCUT2D eigenvalue weighted by Crippen LogP contribution is 2.41. The molecule has 0 spiro atoms. The molecule has 2 saturated heterocycles. The van der Waals surface area contributed by atoms with Crippen LogP contribution < -0.4 is 4.90 Å². The van der Waals surface area contributed by atoms with Crippen molar-refractivity contribution in [3.8, 4) is 0 Å². The summed E-state index contributed by atoms with van der Waals surface area (Å²) in [7, 11) is -3.14. The van der Waals surface area contributed by atoms with E-state index in [9.17, 15) is 17.6 Å². The van der Waals surface area contributed by atoms with Gasteiger partial charge in [0, 0.05) is 17.9 Å². The lowest BCUT2D eigenvalue weighted by atomic mass is 10.2. The quantitative estimate of drug-likeness (QED) is 0.765. The molecule has 2 aliphatic rings. The van der Waals surface area contributed by atoms with Crippen LogP contribution in [0.2, 0.25) is 5.02 Å². The number of anilines is 1. The lowest BCUT2D eigenvalue weighted by Crippen LogP contribution is -2.37. The molecular formula is C13H12ClFN2O3S2. The van der Waals surface area contributed by atoms with Crippen LogP contribution in [0.3, 0.4) is 0 Å². The molecule has 0 unspecified atom stereocenters. The number of sulfone groups is 1. The first-order chi connectivity index (χ1) is 10.3. The fraction of sp³-hybridized carbons (Fsp3) is 0.385. The molecule has 1 aromatic rings. The number of amidine groups is 1. The third-order valence-corrected chi connectivity index (χ3v) is 7.02. The fourth-order valence-electron chi connectivity index (χ4n) is 2.64. The van der Waals surface area contributed by atoms with Gasteiger partial charge in [0.2, 0.25) is 5.91 Å². The van der Waals surface area contributed by atoms with E-state index in [-0.39, 0.29) is 33.7 Å². The highest BCUT2D eigenvalue weighted by molar-refractivity contribution is 8.16. The normalized spacial score (nSPS) is 28.1. The summed E-state index contributed by atoms with van der Waals surface area (Å²) in [6, 6.07) is 3.87. The van der Waals surface area contributed by atoms with Gasteiger partial charge in [0.1, 0.15) is 5.82 Å². The van der Waals surface area contributed by atoms with E-state index in [4.69, 9.17) is 11.6 Å². The van der Waals surface area contributed by atoms with E-state index < -0.39 is 15.7 Å². The highest BCUT2D eigenvalue weighted by Gasteiger charge is 2.49. The monoisotopic (exact) mass is 362 g/mol. The van der Waals surface area contributed by atoms with Gasteiger partial charge in [-0.2, -0.15) is 4.99 Å². The molecule has 0 bridgehead atoms. The van der Waals surface area contributed by atoms with Gasteiger partial charge in [-0.3, -0.25) is 4.79 Å². The molecule has 0 N–H and O–H groups in total. The van der Waals surface area contributed by atoms with E-state index in [2.05, 4.69) is 4.99 Å². The maximum absolute atomic E-state index is 13.7. The van der Waals surface area contributed by atoms with E-state index in [1.54, 1.807) is 11.0 Å². The minimum atomic E-state index is -3.14. The van der Waals surface area contributed by atoms with Crippen LogP contribution in [0.1, 0.15) is 6.92 Å². The number of benzene rings is 1. The second-order valence-electron chi connectivity index (χ2n) is 5.18. The number of nitrogens with zero attached hydrogens (tertiary/aromatic N) is 2. The van der Waals surface area contributed by atoms with Crippen LogP contribution in [0.4, 0.5) is 10.1 Å². The Hall–Kier alpha value is -1.12. The second kappa shape index (κ2) is 5.50. The minimum absolute atomic E-state index is 0.0174. The number of amides is 1. The molecule has 9 heteroatoms. The third kappa shape index (κ3) is 2.87. The lowest BCUT2D eigenvalue weighted by molar-refractivity contribution is -0.115. The van der Waals surface area contributed by atoms with Crippen LogP contribution in [-0.4, -0.2) is 42.3 Å². The zero-order valence-corrected chi connectivity index (χ0v) is 13.9. The van der Waals surface area contributed by atoms with E-state index in [0.29, 0.717) is 10.9 Å². The minimum Gasteiger partial charge on any atom is -0.315 e. The Balaban J connectivity index is 2.06. The number of halogens is 2. The maximum atomic E-state index is 13.7. The number of fused-ring (bicyclic) bond motifs is 1. The summed E-state index contributed by atoms with van der Waals surface area (Å²) in [4.78, 5) is 16.9. The molecule has 2 aliphatic heterocycles. The molecule has 2 heterocycles. The smallest absolute Gasteiger partial charge is 0.244 e. The standard InChI is InChI=1S/C13H12ClFN2O3S2/c1-7(18)16-13-17(8-2-3-9(14)10(15)4-8)11-5-22(19,20)6-12(11)21-13/h2-4,11-12H,5-6H2,1H3/t11-,12+/m1/s1. The Labute approximate surface area is 136 Å². The van der Waals surface area contributed by atoms with Crippen molar-refractivity contribution in [3.63, 3.8) is 0 Å². The van der Waals surface area contributed by atoms with Crippen molar-refractivity contribution < 1.29 is 17.6 Å². The van der Waals surface area contributed by atoms with Crippen molar-refractivity contribution in [3.05, 3.63) is 29.0 Å². The Bertz CT molecular complexity index is 781. The van der Waals surface area contributed by atoms with Crippen LogP contribution in [0.5, 0.6) is 0 Å². The average Bonchev–Trinajstić information content (AvgIpc) is 2.83. The Morgan fingerprint density at radius 1 is 1.45 bits per heavy atom. The number of hydrogen-bond donors (Lipinski definition) is 0. The first-order valence-corrected chi connectivity index (χ1v) is 9.55. The molecule has 1 amide bonds. The molecule has 1 aromatic carbocycles. The van der Waals surface area contributed by atoms with Gasteiger partial charge in [-0.05, 0) is 18.2 Å². The Kier molecular flexibility index (Phi) is 3.94. The van der Waals surface area contributed by atoms with Gasteiger partial charge in [0.25, 0.3) is 0 Å². The molecule has 118 valence electrons. The first-order valence-electron chi connectivity index (χ1n) is 6.47.